The number of benzene rings is 1. The molecule has 108 valence electrons. The van der Waals surface area contributed by atoms with Gasteiger partial charge in [-0.05, 0) is 24.6 Å². The average Bonchev–Trinajstić information content (AvgIpc) is 2.43. The summed E-state index contributed by atoms with van der Waals surface area (Å²) in [6.45, 7) is 2.24. The van der Waals surface area contributed by atoms with Gasteiger partial charge in [0.05, 0.1) is 18.6 Å². The van der Waals surface area contributed by atoms with Crippen LogP contribution in [0, 0.1) is 0 Å². The van der Waals surface area contributed by atoms with Gasteiger partial charge < -0.3 is 9.84 Å². The fourth-order valence-corrected chi connectivity index (χ4v) is 2.98. The van der Waals surface area contributed by atoms with Crippen LogP contribution in [0.2, 0.25) is 0 Å². The molecule has 6 heteroatoms. The van der Waals surface area contributed by atoms with Crippen LogP contribution in [-0.2, 0) is 16.6 Å². The smallest absolute Gasteiger partial charge is 0.242 e. The Bertz CT molecular complexity index is 513. The molecule has 1 aromatic carbocycles. The molecule has 1 rings (SSSR count). The van der Waals surface area contributed by atoms with E-state index in [1.807, 2.05) is 6.92 Å². The third-order valence-corrected chi connectivity index (χ3v) is 4.81. The van der Waals surface area contributed by atoms with E-state index < -0.39 is 10.0 Å². The first kappa shape index (κ1) is 15.9. The summed E-state index contributed by atoms with van der Waals surface area (Å²) >= 11 is 0. The molecule has 0 bridgehead atoms. The molecule has 0 aromatic heterocycles. The van der Waals surface area contributed by atoms with Gasteiger partial charge in [0, 0.05) is 19.2 Å². The van der Waals surface area contributed by atoms with Crippen LogP contribution < -0.4 is 4.74 Å². The van der Waals surface area contributed by atoms with Gasteiger partial charge in [0.25, 0.3) is 0 Å². The van der Waals surface area contributed by atoms with Gasteiger partial charge >= 0.3 is 0 Å². The summed E-state index contributed by atoms with van der Waals surface area (Å²) in [5.41, 5.74) is 0.465. The molecule has 0 fully saturated rings. The van der Waals surface area contributed by atoms with Crippen LogP contribution >= 0.6 is 0 Å². The second kappa shape index (κ2) is 6.88. The molecule has 0 saturated carbocycles. The Morgan fingerprint density at radius 2 is 2.05 bits per heavy atom. The maximum absolute atomic E-state index is 12.3. The summed E-state index contributed by atoms with van der Waals surface area (Å²) in [5, 5.41) is 9.23. The number of aliphatic hydroxyl groups is 1. The maximum atomic E-state index is 12.3. The number of methoxy groups -OCH3 is 1. The summed E-state index contributed by atoms with van der Waals surface area (Å²) in [5.74, 6) is 0.484. The largest absolute Gasteiger partial charge is 0.496 e. The highest BCUT2D eigenvalue weighted by Gasteiger charge is 2.21. The molecule has 0 aliphatic rings. The average molecular weight is 287 g/mol. The van der Waals surface area contributed by atoms with Gasteiger partial charge in [0.15, 0.2) is 0 Å². The number of hydrogen-bond acceptors (Lipinski definition) is 4. The van der Waals surface area contributed by atoms with Crippen molar-refractivity contribution < 1.29 is 18.3 Å². The van der Waals surface area contributed by atoms with Crippen molar-refractivity contribution in [2.24, 2.45) is 0 Å². The minimum Gasteiger partial charge on any atom is -0.496 e. The number of sulfonamides is 1. The zero-order valence-electron chi connectivity index (χ0n) is 11.6. The van der Waals surface area contributed by atoms with Crippen LogP contribution in [0.15, 0.2) is 23.1 Å². The lowest BCUT2D eigenvalue weighted by molar-refractivity contribution is 0.273. The Kier molecular flexibility index (Phi) is 5.78. The van der Waals surface area contributed by atoms with Crippen molar-refractivity contribution in [3.63, 3.8) is 0 Å². The van der Waals surface area contributed by atoms with Crippen molar-refractivity contribution in [3.8, 4) is 5.75 Å². The van der Waals surface area contributed by atoms with Gasteiger partial charge in [-0.2, -0.15) is 0 Å². The monoisotopic (exact) mass is 287 g/mol. The Balaban J connectivity index is 3.08. The topological polar surface area (TPSA) is 66.8 Å². The molecular formula is C13H21NO4S. The van der Waals surface area contributed by atoms with Crippen molar-refractivity contribution in [2.45, 2.75) is 31.3 Å². The van der Waals surface area contributed by atoms with Crippen molar-refractivity contribution in [1.82, 2.24) is 4.31 Å². The number of ether oxygens (including phenoxy) is 1. The summed E-state index contributed by atoms with van der Waals surface area (Å²) in [6, 6.07) is 4.51. The molecule has 5 nitrogen and oxygen atoms in total. The van der Waals surface area contributed by atoms with Crippen molar-refractivity contribution >= 4 is 10.0 Å². The molecule has 19 heavy (non-hydrogen) atoms. The van der Waals surface area contributed by atoms with Gasteiger partial charge in [0.1, 0.15) is 5.75 Å². The van der Waals surface area contributed by atoms with Crippen molar-refractivity contribution in [2.75, 3.05) is 20.7 Å². The first-order chi connectivity index (χ1) is 8.97. The van der Waals surface area contributed by atoms with Crippen molar-refractivity contribution in [3.05, 3.63) is 23.8 Å². The number of rotatable bonds is 7. The van der Waals surface area contributed by atoms with Crippen LogP contribution in [0.4, 0.5) is 0 Å². The number of hydrogen-bond donors (Lipinski definition) is 1. The van der Waals surface area contributed by atoms with Gasteiger partial charge in [-0.15, -0.1) is 0 Å². The molecule has 0 atom stereocenters. The highest BCUT2D eigenvalue weighted by atomic mass is 32.2. The molecule has 1 N–H and O–H groups in total. The van der Waals surface area contributed by atoms with Gasteiger partial charge in [-0.3, -0.25) is 0 Å². The molecular weight excluding hydrogens is 266 g/mol. The van der Waals surface area contributed by atoms with Crippen LogP contribution in [0.1, 0.15) is 25.3 Å². The van der Waals surface area contributed by atoms with Crippen LogP contribution in [-0.4, -0.2) is 38.5 Å². The lowest BCUT2D eigenvalue weighted by Gasteiger charge is -2.17. The molecule has 0 radical (unpaired) electrons. The molecule has 1 aromatic rings. The molecule has 0 unspecified atom stereocenters. The van der Waals surface area contributed by atoms with Crippen LogP contribution in [0.5, 0.6) is 5.75 Å². The third-order valence-electron chi connectivity index (χ3n) is 2.96. The lowest BCUT2D eigenvalue weighted by atomic mass is 10.2. The highest BCUT2D eigenvalue weighted by Crippen LogP contribution is 2.24. The summed E-state index contributed by atoms with van der Waals surface area (Å²) in [4.78, 5) is 0.177. The normalized spacial score (nSPS) is 11.8. The summed E-state index contributed by atoms with van der Waals surface area (Å²) in [6.07, 6.45) is 1.75. The van der Waals surface area contributed by atoms with E-state index in [0.29, 0.717) is 17.9 Å². The van der Waals surface area contributed by atoms with Crippen LogP contribution in [0.25, 0.3) is 0 Å². The van der Waals surface area contributed by atoms with E-state index in [1.165, 1.54) is 23.5 Å². The minimum absolute atomic E-state index is 0.177. The fourth-order valence-electron chi connectivity index (χ4n) is 1.72. The van der Waals surface area contributed by atoms with E-state index in [0.717, 1.165) is 12.8 Å². The predicted molar refractivity (Wildman–Crippen MR) is 73.6 cm³/mol. The summed E-state index contributed by atoms with van der Waals surface area (Å²) in [7, 11) is -0.457. The standard InChI is InChI=1S/C13H21NO4S/c1-4-5-8-14(2)19(16,17)12-6-7-13(18-3)11(9-12)10-15/h6-7,9,15H,4-5,8,10H2,1-3H3. The highest BCUT2D eigenvalue weighted by molar-refractivity contribution is 7.89. The second-order valence-electron chi connectivity index (χ2n) is 4.31. The van der Waals surface area contributed by atoms with E-state index in [2.05, 4.69) is 0 Å². The van der Waals surface area contributed by atoms with Crippen molar-refractivity contribution in [1.29, 1.82) is 0 Å². The maximum Gasteiger partial charge on any atom is 0.242 e. The quantitative estimate of drug-likeness (QED) is 0.827. The van der Waals surface area contributed by atoms with Gasteiger partial charge in [-0.1, -0.05) is 13.3 Å². The van der Waals surface area contributed by atoms with Gasteiger partial charge in [0.2, 0.25) is 10.0 Å². The molecule has 0 saturated heterocycles. The number of aliphatic hydroxyl groups excluding tert-OH is 1. The van der Waals surface area contributed by atoms with E-state index in [4.69, 9.17) is 4.74 Å². The van der Waals surface area contributed by atoms with E-state index in [1.54, 1.807) is 13.1 Å². The van der Waals surface area contributed by atoms with E-state index >= 15 is 0 Å². The molecule has 0 heterocycles. The Morgan fingerprint density at radius 1 is 1.37 bits per heavy atom. The third kappa shape index (κ3) is 3.68. The SMILES string of the molecule is CCCCN(C)S(=O)(=O)c1ccc(OC)c(CO)c1. The first-order valence-corrected chi connectivity index (χ1v) is 7.65. The molecule has 0 spiro atoms. The zero-order chi connectivity index (χ0) is 14.5. The fraction of sp³-hybridized carbons (Fsp3) is 0.538. The van der Waals surface area contributed by atoms with Crippen LogP contribution in [0.3, 0.4) is 0 Å². The molecule has 0 aliphatic heterocycles. The lowest BCUT2D eigenvalue weighted by Crippen LogP contribution is -2.28. The second-order valence-corrected chi connectivity index (χ2v) is 6.36. The minimum atomic E-state index is -3.50. The Hall–Kier alpha value is -1.11. The molecule has 0 aliphatic carbocycles. The first-order valence-electron chi connectivity index (χ1n) is 6.21. The van der Waals surface area contributed by atoms with E-state index in [-0.39, 0.29) is 11.5 Å². The number of unbranched alkanes of at least 4 members (excludes halogenated alkanes) is 1. The van der Waals surface area contributed by atoms with E-state index in [9.17, 15) is 13.5 Å². The number of nitrogens with zero attached hydrogens (tertiary/aromatic N) is 1. The Morgan fingerprint density at radius 3 is 2.58 bits per heavy atom. The Labute approximate surface area is 114 Å². The predicted octanol–water partition coefficient (Wildman–Crippen LogP) is 1.61. The zero-order valence-corrected chi connectivity index (χ0v) is 12.4. The van der Waals surface area contributed by atoms with Gasteiger partial charge in [-0.25, -0.2) is 12.7 Å². The summed E-state index contributed by atoms with van der Waals surface area (Å²) < 4.78 is 31.0. The molecule has 0 amide bonds.